The molecule has 0 aliphatic heterocycles. The number of aryl methyl sites for hydroxylation is 6. The molecular weight excluding hydrogens is 600 g/mol. The highest BCUT2D eigenvalue weighted by Crippen LogP contribution is 2.34. The third-order valence-corrected chi connectivity index (χ3v) is 6.85. The third kappa shape index (κ3) is 5.31. The Morgan fingerprint density at radius 3 is 1.41 bits per heavy atom. The maximum absolute atomic E-state index is 12.3. The molecule has 5 rings (SSSR count). The lowest BCUT2D eigenvalue weighted by atomic mass is 10.2. The van der Waals surface area contributed by atoms with Crippen LogP contribution >= 0.6 is 0 Å². The van der Waals surface area contributed by atoms with Gasteiger partial charge in [0, 0.05) is 20.2 Å². The van der Waals surface area contributed by atoms with Gasteiger partial charge in [-0.1, -0.05) is 0 Å². The van der Waals surface area contributed by atoms with Crippen molar-refractivity contribution in [2.45, 2.75) is 27.7 Å². The second-order valence-electron chi connectivity index (χ2n) is 9.89. The molecule has 0 saturated heterocycles. The first-order valence-electron chi connectivity index (χ1n) is 13.5. The first-order valence-corrected chi connectivity index (χ1v) is 13.5. The van der Waals surface area contributed by atoms with Crippen molar-refractivity contribution < 1.29 is 19.1 Å². The number of hydrogen-bond donors (Lipinski definition) is 2. The van der Waals surface area contributed by atoms with Crippen LogP contribution in [0.25, 0.3) is 11.6 Å². The van der Waals surface area contributed by atoms with E-state index in [1.165, 1.54) is 39.3 Å². The summed E-state index contributed by atoms with van der Waals surface area (Å²) in [6, 6.07) is 1.56. The summed E-state index contributed by atoms with van der Waals surface area (Å²) in [6.45, 7) is 6.72. The number of aromatic nitrogens is 10. The van der Waals surface area contributed by atoms with Crippen LogP contribution in [-0.4, -0.2) is 75.2 Å². The molecule has 5 heterocycles. The minimum atomic E-state index is -0.593. The number of carbonyl (C=O) groups is 2. The smallest absolute Gasteiger partial charge is 0.343 e. The molecule has 0 amide bonds. The van der Waals surface area contributed by atoms with Crippen LogP contribution in [0.2, 0.25) is 0 Å². The summed E-state index contributed by atoms with van der Waals surface area (Å²) in [4.78, 5) is 33.2. The lowest BCUT2D eigenvalue weighted by Gasteiger charge is -2.06. The molecule has 0 radical (unpaired) electrons. The normalized spacial score (nSPS) is 11.7. The Bertz CT molecular complexity index is 1920. The molecule has 0 aliphatic carbocycles. The lowest BCUT2D eigenvalue weighted by Crippen LogP contribution is -2.09. The van der Waals surface area contributed by atoms with Crippen LogP contribution in [-0.2, 0) is 23.6 Å². The van der Waals surface area contributed by atoms with E-state index in [2.05, 4.69) is 50.8 Å². The fraction of sp³-hybridized carbons (Fsp3) is 0.308. The van der Waals surface area contributed by atoms with Gasteiger partial charge in [-0.25, -0.2) is 28.9 Å². The Hall–Kier alpha value is -6.34. The summed E-state index contributed by atoms with van der Waals surface area (Å²) in [5.74, 6) is 0.00160. The Morgan fingerprint density at radius 1 is 0.652 bits per heavy atom. The SMILES string of the molecule is COC(=O)c1c(C)nn(C)c1N=Nc1c(C)nn(-c2cc(-n3nc(C)c(N=Nc4c(C(=O)OC)c(C)nn4C)c3N)ncn2)c1N. The molecule has 238 valence electrons. The third-order valence-electron chi connectivity index (χ3n) is 6.85. The number of nitrogens with two attached hydrogens (primary N) is 2. The zero-order chi connectivity index (χ0) is 33.4. The van der Waals surface area contributed by atoms with Crippen LogP contribution in [0.5, 0.6) is 0 Å². The van der Waals surface area contributed by atoms with Crippen molar-refractivity contribution in [1.29, 1.82) is 0 Å². The average Bonchev–Trinajstić information content (AvgIpc) is 3.68. The van der Waals surface area contributed by atoms with E-state index in [-0.39, 0.29) is 57.4 Å². The Balaban J connectivity index is 1.48. The minimum absolute atomic E-state index is 0.122. The van der Waals surface area contributed by atoms with E-state index in [0.29, 0.717) is 22.8 Å². The number of nitrogen functional groups attached to an aromatic ring is 2. The summed E-state index contributed by atoms with van der Waals surface area (Å²) in [7, 11) is 5.80. The van der Waals surface area contributed by atoms with Gasteiger partial charge >= 0.3 is 11.9 Å². The quantitative estimate of drug-likeness (QED) is 0.185. The predicted molar refractivity (Wildman–Crippen MR) is 161 cm³/mol. The van der Waals surface area contributed by atoms with Crippen LogP contribution < -0.4 is 11.5 Å². The molecule has 0 saturated carbocycles. The Morgan fingerprint density at radius 2 is 1.04 bits per heavy atom. The van der Waals surface area contributed by atoms with Gasteiger partial charge in [0.15, 0.2) is 46.3 Å². The molecular formula is C26H30N16O4. The second-order valence-corrected chi connectivity index (χ2v) is 9.89. The highest BCUT2D eigenvalue weighted by molar-refractivity contribution is 5.95. The van der Waals surface area contributed by atoms with Gasteiger partial charge in [-0.05, 0) is 27.7 Å². The van der Waals surface area contributed by atoms with Gasteiger partial charge in [0.2, 0.25) is 0 Å². The van der Waals surface area contributed by atoms with Gasteiger partial charge < -0.3 is 20.9 Å². The summed E-state index contributed by atoms with van der Waals surface area (Å²) in [6.07, 6.45) is 1.29. The van der Waals surface area contributed by atoms with Crippen LogP contribution in [0.15, 0.2) is 32.9 Å². The number of nitrogens with zero attached hydrogens (tertiary/aromatic N) is 14. The minimum Gasteiger partial charge on any atom is -0.465 e. The maximum Gasteiger partial charge on any atom is 0.343 e. The fourth-order valence-corrected chi connectivity index (χ4v) is 4.64. The molecule has 0 atom stereocenters. The number of carbonyl (C=O) groups excluding carboxylic acids is 2. The molecule has 5 aromatic rings. The molecule has 20 nitrogen and oxygen atoms in total. The van der Waals surface area contributed by atoms with E-state index in [4.69, 9.17) is 20.9 Å². The second kappa shape index (κ2) is 12.0. The van der Waals surface area contributed by atoms with Gasteiger partial charge in [0.25, 0.3) is 0 Å². The van der Waals surface area contributed by atoms with Gasteiger partial charge in [-0.2, -0.15) is 29.8 Å². The van der Waals surface area contributed by atoms with Gasteiger partial charge in [-0.3, -0.25) is 0 Å². The van der Waals surface area contributed by atoms with Gasteiger partial charge in [0.1, 0.15) is 17.5 Å². The van der Waals surface area contributed by atoms with Crippen molar-refractivity contribution in [3.05, 3.63) is 46.3 Å². The van der Waals surface area contributed by atoms with Crippen molar-refractivity contribution in [3.63, 3.8) is 0 Å². The van der Waals surface area contributed by atoms with Gasteiger partial charge in [0.05, 0.1) is 37.0 Å². The topological polar surface area (TPSA) is 251 Å². The van der Waals surface area contributed by atoms with E-state index in [1.54, 1.807) is 47.9 Å². The largest absolute Gasteiger partial charge is 0.465 e. The van der Waals surface area contributed by atoms with E-state index < -0.39 is 11.9 Å². The van der Waals surface area contributed by atoms with Crippen molar-refractivity contribution in [2.75, 3.05) is 25.7 Å². The molecule has 0 spiro atoms. The van der Waals surface area contributed by atoms with Crippen molar-refractivity contribution in [2.24, 2.45) is 34.6 Å². The molecule has 46 heavy (non-hydrogen) atoms. The highest BCUT2D eigenvalue weighted by Gasteiger charge is 2.24. The Labute approximate surface area is 260 Å². The first-order chi connectivity index (χ1) is 21.9. The van der Waals surface area contributed by atoms with E-state index >= 15 is 0 Å². The van der Waals surface area contributed by atoms with Crippen LogP contribution in [0.3, 0.4) is 0 Å². The lowest BCUT2D eigenvalue weighted by molar-refractivity contribution is 0.0591. The molecule has 5 aromatic heterocycles. The maximum atomic E-state index is 12.3. The molecule has 0 aromatic carbocycles. The zero-order valence-corrected chi connectivity index (χ0v) is 26.2. The number of hydrogen-bond acceptors (Lipinski definition) is 16. The summed E-state index contributed by atoms with van der Waals surface area (Å²) in [5, 5.41) is 34.4. The highest BCUT2D eigenvalue weighted by atomic mass is 16.5. The predicted octanol–water partition coefficient (Wildman–Crippen LogP) is 3.12. The molecule has 20 heteroatoms. The van der Waals surface area contributed by atoms with Crippen LogP contribution in [0.4, 0.5) is 34.6 Å². The summed E-state index contributed by atoms with van der Waals surface area (Å²) >= 11 is 0. The number of azo groups is 2. The van der Waals surface area contributed by atoms with E-state index in [9.17, 15) is 9.59 Å². The van der Waals surface area contributed by atoms with Gasteiger partial charge in [-0.15, -0.1) is 20.5 Å². The molecule has 0 unspecified atom stereocenters. The monoisotopic (exact) mass is 630 g/mol. The van der Waals surface area contributed by atoms with Crippen molar-refractivity contribution in [3.8, 4) is 11.6 Å². The van der Waals surface area contributed by atoms with Crippen LogP contribution in [0.1, 0.15) is 43.5 Å². The molecule has 0 aliphatic rings. The summed E-state index contributed by atoms with van der Waals surface area (Å²) in [5.41, 5.74) is 15.5. The first kappa shape index (κ1) is 31.1. The number of ether oxygens (including phenoxy) is 2. The standard InChI is InChI=1S/C26H30N16O4/c1-11-17(25(43)45-7)23(39(5)35-11)33-31-19-13(3)37-41(21(19)27)15-9-16(30-10-29-15)42-22(28)20(14(4)38-42)32-34-24-18(26(44)46-8)12(2)36-40(24)6/h9-10H,27-28H2,1-8H3. The number of methoxy groups -OCH3 is 2. The molecule has 4 N–H and O–H groups in total. The zero-order valence-electron chi connectivity index (χ0n) is 26.2. The Kier molecular flexibility index (Phi) is 8.10. The average molecular weight is 631 g/mol. The number of esters is 2. The number of rotatable bonds is 8. The van der Waals surface area contributed by atoms with E-state index in [0.717, 1.165) is 0 Å². The number of anilines is 2. The van der Waals surface area contributed by atoms with Crippen molar-refractivity contribution in [1.82, 2.24) is 49.1 Å². The molecule has 0 fully saturated rings. The van der Waals surface area contributed by atoms with Crippen molar-refractivity contribution >= 4 is 46.6 Å². The van der Waals surface area contributed by atoms with E-state index in [1.807, 2.05) is 0 Å². The fourth-order valence-electron chi connectivity index (χ4n) is 4.64. The summed E-state index contributed by atoms with van der Waals surface area (Å²) < 4.78 is 15.3. The van der Waals surface area contributed by atoms with Crippen LogP contribution in [0, 0.1) is 27.7 Å². The molecule has 0 bridgehead atoms.